The highest BCUT2D eigenvalue weighted by molar-refractivity contribution is 6.30. The van der Waals surface area contributed by atoms with Crippen LogP contribution >= 0.6 is 11.6 Å². The highest BCUT2D eigenvalue weighted by Crippen LogP contribution is 2.39. The molecule has 1 amide bonds. The molecule has 2 N–H and O–H groups in total. The van der Waals surface area contributed by atoms with E-state index in [4.69, 9.17) is 16.3 Å². The lowest BCUT2D eigenvalue weighted by Gasteiger charge is -2.31. The molecule has 1 fully saturated rings. The second-order valence-corrected chi connectivity index (χ2v) is 5.95. The standard InChI is InChI=1S/C16H23ClN2O2/c1-21-10-9-18-12-15(20)19-16(7-2-3-8-16)13-5-4-6-14(17)11-13/h4-6,11,18H,2-3,7-10,12H2,1H3,(H,19,20). The number of benzene rings is 1. The third-order valence-corrected chi connectivity index (χ3v) is 4.22. The Hall–Kier alpha value is -1.10. The molecule has 1 aliphatic carbocycles. The fourth-order valence-corrected chi connectivity index (χ4v) is 3.13. The van der Waals surface area contributed by atoms with Crippen molar-refractivity contribution in [2.24, 2.45) is 0 Å². The van der Waals surface area contributed by atoms with E-state index >= 15 is 0 Å². The van der Waals surface area contributed by atoms with Gasteiger partial charge >= 0.3 is 0 Å². The number of amides is 1. The van der Waals surface area contributed by atoms with Crippen molar-refractivity contribution in [2.75, 3.05) is 26.8 Å². The predicted molar refractivity (Wildman–Crippen MR) is 84.5 cm³/mol. The molecular formula is C16H23ClN2O2. The Bertz CT molecular complexity index is 473. The zero-order valence-corrected chi connectivity index (χ0v) is 13.2. The van der Waals surface area contributed by atoms with E-state index in [1.807, 2.05) is 18.2 Å². The zero-order chi connectivity index (χ0) is 15.1. The molecule has 0 aliphatic heterocycles. The van der Waals surface area contributed by atoms with Gasteiger partial charge in [-0.1, -0.05) is 36.6 Å². The number of carbonyl (C=O) groups excluding carboxylic acids is 1. The number of rotatable bonds is 7. The molecule has 0 unspecified atom stereocenters. The van der Waals surface area contributed by atoms with Gasteiger partial charge in [-0.25, -0.2) is 0 Å². The highest BCUT2D eigenvalue weighted by Gasteiger charge is 2.36. The van der Waals surface area contributed by atoms with Crippen molar-refractivity contribution in [3.63, 3.8) is 0 Å². The first-order chi connectivity index (χ1) is 10.2. The van der Waals surface area contributed by atoms with Crippen molar-refractivity contribution in [2.45, 2.75) is 31.2 Å². The van der Waals surface area contributed by atoms with E-state index in [1.165, 1.54) is 0 Å². The Morgan fingerprint density at radius 3 is 2.81 bits per heavy atom. The topological polar surface area (TPSA) is 50.4 Å². The van der Waals surface area contributed by atoms with Gasteiger partial charge in [-0.05, 0) is 30.5 Å². The van der Waals surface area contributed by atoms with Gasteiger partial charge in [0.2, 0.25) is 5.91 Å². The predicted octanol–water partition coefficient (Wildman–Crippen LogP) is 2.46. The normalized spacial score (nSPS) is 16.9. The molecule has 1 aromatic carbocycles. The number of carbonyl (C=O) groups is 1. The van der Waals surface area contributed by atoms with E-state index in [-0.39, 0.29) is 11.4 Å². The summed E-state index contributed by atoms with van der Waals surface area (Å²) in [4.78, 5) is 12.2. The molecule has 0 radical (unpaired) electrons. The number of nitrogens with one attached hydrogen (secondary N) is 2. The molecule has 0 aromatic heterocycles. The van der Waals surface area contributed by atoms with Crippen LogP contribution in [-0.4, -0.2) is 32.7 Å². The maximum atomic E-state index is 12.2. The average molecular weight is 311 g/mol. The van der Waals surface area contributed by atoms with Crippen LogP contribution in [0.1, 0.15) is 31.2 Å². The summed E-state index contributed by atoms with van der Waals surface area (Å²) in [5.74, 6) is 0.0213. The molecule has 4 nitrogen and oxygen atoms in total. The molecule has 0 bridgehead atoms. The van der Waals surface area contributed by atoms with Crippen molar-refractivity contribution in [1.82, 2.24) is 10.6 Å². The quantitative estimate of drug-likeness (QED) is 0.761. The molecule has 5 heteroatoms. The third-order valence-electron chi connectivity index (χ3n) is 3.98. The molecule has 0 spiro atoms. The van der Waals surface area contributed by atoms with Gasteiger partial charge in [0, 0.05) is 18.7 Å². The summed E-state index contributed by atoms with van der Waals surface area (Å²) in [6.45, 7) is 1.59. The van der Waals surface area contributed by atoms with Crippen LogP contribution < -0.4 is 10.6 Å². The van der Waals surface area contributed by atoms with Crippen molar-refractivity contribution in [3.05, 3.63) is 34.9 Å². The minimum absolute atomic E-state index is 0.0213. The van der Waals surface area contributed by atoms with Crippen molar-refractivity contribution in [1.29, 1.82) is 0 Å². The SMILES string of the molecule is COCCNCC(=O)NC1(c2cccc(Cl)c2)CCCC1. The first-order valence-corrected chi connectivity index (χ1v) is 7.81. The number of hydrogen-bond donors (Lipinski definition) is 2. The van der Waals surface area contributed by atoms with E-state index in [9.17, 15) is 4.79 Å². The molecule has 2 rings (SSSR count). The fraction of sp³-hybridized carbons (Fsp3) is 0.562. The van der Waals surface area contributed by atoms with Crippen LogP contribution in [0, 0.1) is 0 Å². The second kappa shape index (κ2) is 7.78. The van der Waals surface area contributed by atoms with Gasteiger partial charge in [-0.15, -0.1) is 0 Å². The van der Waals surface area contributed by atoms with Crippen LogP contribution in [0.25, 0.3) is 0 Å². The Labute approximate surface area is 131 Å². The van der Waals surface area contributed by atoms with E-state index in [0.29, 0.717) is 24.7 Å². The first kappa shape index (κ1) is 16.3. The first-order valence-electron chi connectivity index (χ1n) is 7.43. The highest BCUT2D eigenvalue weighted by atomic mass is 35.5. The maximum absolute atomic E-state index is 12.2. The summed E-state index contributed by atoms with van der Waals surface area (Å²) in [6.07, 6.45) is 4.20. The summed E-state index contributed by atoms with van der Waals surface area (Å²) >= 11 is 6.10. The van der Waals surface area contributed by atoms with Gasteiger partial charge in [0.25, 0.3) is 0 Å². The summed E-state index contributed by atoms with van der Waals surface area (Å²) < 4.78 is 4.95. The van der Waals surface area contributed by atoms with Crippen LogP contribution in [0.3, 0.4) is 0 Å². The van der Waals surface area contributed by atoms with E-state index in [0.717, 1.165) is 31.2 Å². The van der Waals surface area contributed by atoms with Crippen molar-refractivity contribution < 1.29 is 9.53 Å². The van der Waals surface area contributed by atoms with Gasteiger partial charge in [-0.2, -0.15) is 0 Å². The van der Waals surface area contributed by atoms with Crippen LogP contribution in [0.5, 0.6) is 0 Å². The zero-order valence-electron chi connectivity index (χ0n) is 12.5. The van der Waals surface area contributed by atoms with Gasteiger partial charge in [0.15, 0.2) is 0 Å². The minimum atomic E-state index is -0.259. The number of hydrogen-bond acceptors (Lipinski definition) is 3. The van der Waals surface area contributed by atoms with Crippen LogP contribution in [0.15, 0.2) is 24.3 Å². The van der Waals surface area contributed by atoms with Crippen molar-refractivity contribution in [3.8, 4) is 0 Å². The summed E-state index contributed by atoms with van der Waals surface area (Å²) in [6, 6.07) is 7.82. The molecule has 1 aromatic rings. The lowest BCUT2D eigenvalue weighted by Crippen LogP contribution is -2.47. The largest absolute Gasteiger partial charge is 0.383 e. The molecule has 0 saturated heterocycles. The second-order valence-electron chi connectivity index (χ2n) is 5.52. The van der Waals surface area contributed by atoms with Gasteiger partial charge in [-0.3, -0.25) is 4.79 Å². The number of halogens is 1. The number of methoxy groups -OCH3 is 1. The third kappa shape index (κ3) is 4.43. The Morgan fingerprint density at radius 1 is 1.38 bits per heavy atom. The molecule has 116 valence electrons. The number of ether oxygens (including phenoxy) is 1. The summed E-state index contributed by atoms with van der Waals surface area (Å²) in [5, 5.41) is 7.00. The molecule has 1 saturated carbocycles. The van der Waals surface area contributed by atoms with Gasteiger partial charge in [0.05, 0.1) is 18.7 Å². The van der Waals surface area contributed by atoms with Gasteiger partial charge < -0.3 is 15.4 Å². The smallest absolute Gasteiger partial charge is 0.234 e. The average Bonchev–Trinajstić information content (AvgIpc) is 2.93. The van der Waals surface area contributed by atoms with Crippen LogP contribution in [0.4, 0.5) is 0 Å². The Balaban J connectivity index is 2.00. The fourth-order valence-electron chi connectivity index (χ4n) is 2.94. The van der Waals surface area contributed by atoms with Crippen LogP contribution in [0.2, 0.25) is 5.02 Å². The van der Waals surface area contributed by atoms with E-state index in [1.54, 1.807) is 7.11 Å². The summed E-state index contributed by atoms with van der Waals surface area (Å²) in [7, 11) is 1.65. The molecular weight excluding hydrogens is 288 g/mol. The van der Waals surface area contributed by atoms with E-state index in [2.05, 4.69) is 16.7 Å². The lowest BCUT2D eigenvalue weighted by molar-refractivity contribution is -0.122. The van der Waals surface area contributed by atoms with Crippen LogP contribution in [-0.2, 0) is 15.1 Å². The lowest BCUT2D eigenvalue weighted by atomic mass is 9.88. The Kier molecular flexibility index (Phi) is 6.03. The summed E-state index contributed by atoms with van der Waals surface area (Å²) in [5.41, 5.74) is 0.850. The monoisotopic (exact) mass is 310 g/mol. The molecule has 1 aliphatic rings. The van der Waals surface area contributed by atoms with Gasteiger partial charge in [0.1, 0.15) is 0 Å². The molecule has 0 heterocycles. The minimum Gasteiger partial charge on any atom is -0.383 e. The maximum Gasteiger partial charge on any atom is 0.234 e. The molecule has 21 heavy (non-hydrogen) atoms. The van der Waals surface area contributed by atoms with Crippen molar-refractivity contribution >= 4 is 17.5 Å². The molecule has 0 atom stereocenters. The Morgan fingerprint density at radius 2 is 2.14 bits per heavy atom. The van der Waals surface area contributed by atoms with E-state index < -0.39 is 0 Å².